The van der Waals surface area contributed by atoms with E-state index in [0.717, 1.165) is 44.5 Å². The first-order valence-corrected chi connectivity index (χ1v) is 9.43. The summed E-state index contributed by atoms with van der Waals surface area (Å²) in [5.41, 5.74) is 1.20. The third-order valence-electron chi connectivity index (χ3n) is 4.97. The zero-order valence-corrected chi connectivity index (χ0v) is 15.1. The minimum Gasteiger partial charge on any atom is -0.494 e. The molecular formula is C20H29NO4. The van der Waals surface area contributed by atoms with Crippen LogP contribution in [-0.4, -0.2) is 50.0 Å². The van der Waals surface area contributed by atoms with E-state index in [2.05, 4.69) is 13.0 Å². The van der Waals surface area contributed by atoms with Gasteiger partial charge in [0, 0.05) is 25.4 Å². The minimum atomic E-state index is -0.0453. The summed E-state index contributed by atoms with van der Waals surface area (Å²) in [5, 5.41) is 0. The number of carbonyl (C=O) groups excluding carboxylic acids is 1. The van der Waals surface area contributed by atoms with Crippen LogP contribution in [0.25, 0.3) is 0 Å². The summed E-state index contributed by atoms with van der Waals surface area (Å²) in [6.45, 7) is 5.77. The first-order chi connectivity index (χ1) is 12.2. The molecule has 1 amide bonds. The van der Waals surface area contributed by atoms with Crippen LogP contribution in [0.15, 0.2) is 24.3 Å². The number of aryl methyl sites for hydroxylation is 1. The van der Waals surface area contributed by atoms with E-state index in [1.54, 1.807) is 0 Å². The van der Waals surface area contributed by atoms with Gasteiger partial charge in [-0.05, 0) is 50.3 Å². The van der Waals surface area contributed by atoms with Gasteiger partial charge in [0.15, 0.2) is 6.29 Å². The van der Waals surface area contributed by atoms with Gasteiger partial charge >= 0.3 is 0 Å². The maximum atomic E-state index is 12.3. The summed E-state index contributed by atoms with van der Waals surface area (Å²) in [4.78, 5) is 14.3. The molecule has 2 heterocycles. The average Bonchev–Trinajstić information content (AvgIpc) is 3.16. The third-order valence-corrected chi connectivity index (χ3v) is 4.97. The topological polar surface area (TPSA) is 48.0 Å². The van der Waals surface area contributed by atoms with Gasteiger partial charge in [0.25, 0.3) is 0 Å². The lowest BCUT2D eigenvalue weighted by Gasteiger charge is -2.34. The molecule has 0 atom stereocenters. The molecule has 2 aliphatic heterocycles. The number of carbonyl (C=O) groups is 1. The summed E-state index contributed by atoms with van der Waals surface area (Å²) >= 11 is 0. The average molecular weight is 347 g/mol. The van der Waals surface area contributed by atoms with Gasteiger partial charge < -0.3 is 19.1 Å². The van der Waals surface area contributed by atoms with Crippen molar-refractivity contribution in [2.45, 2.75) is 45.3 Å². The van der Waals surface area contributed by atoms with E-state index in [1.165, 1.54) is 5.56 Å². The van der Waals surface area contributed by atoms with Crippen LogP contribution in [0.3, 0.4) is 0 Å². The van der Waals surface area contributed by atoms with Gasteiger partial charge in [-0.15, -0.1) is 0 Å². The van der Waals surface area contributed by atoms with Gasteiger partial charge in [0.05, 0.1) is 19.8 Å². The van der Waals surface area contributed by atoms with Crippen LogP contribution in [0.4, 0.5) is 0 Å². The fourth-order valence-corrected chi connectivity index (χ4v) is 3.50. The van der Waals surface area contributed by atoms with Gasteiger partial charge in [-0.2, -0.15) is 0 Å². The Kier molecular flexibility index (Phi) is 6.70. The van der Waals surface area contributed by atoms with Crippen molar-refractivity contribution in [2.24, 2.45) is 5.92 Å². The minimum absolute atomic E-state index is 0.0453. The van der Waals surface area contributed by atoms with Crippen molar-refractivity contribution >= 4 is 5.91 Å². The molecule has 0 aliphatic carbocycles. The van der Waals surface area contributed by atoms with E-state index in [9.17, 15) is 4.79 Å². The predicted molar refractivity (Wildman–Crippen MR) is 95.5 cm³/mol. The van der Waals surface area contributed by atoms with Crippen molar-refractivity contribution in [3.8, 4) is 5.75 Å². The Morgan fingerprint density at radius 2 is 1.96 bits per heavy atom. The van der Waals surface area contributed by atoms with E-state index in [0.29, 0.717) is 32.2 Å². The lowest BCUT2D eigenvalue weighted by atomic mass is 9.96. The van der Waals surface area contributed by atoms with Crippen molar-refractivity contribution in [3.63, 3.8) is 0 Å². The highest BCUT2D eigenvalue weighted by Crippen LogP contribution is 2.26. The molecule has 5 nitrogen and oxygen atoms in total. The maximum absolute atomic E-state index is 12.3. The van der Waals surface area contributed by atoms with Gasteiger partial charge in [-0.3, -0.25) is 4.79 Å². The van der Waals surface area contributed by atoms with Gasteiger partial charge in [-0.1, -0.05) is 12.1 Å². The summed E-state index contributed by atoms with van der Waals surface area (Å²) in [6.07, 6.45) is 4.30. The molecule has 2 fully saturated rings. The summed E-state index contributed by atoms with van der Waals surface area (Å²) in [7, 11) is 0. The number of piperidine rings is 1. The molecule has 0 bridgehead atoms. The van der Waals surface area contributed by atoms with Crippen LogP contribution in [0.1, 0.15) is 37.7 Å². The Labute approximate surface area is 150 Å². The van der Waals surface area contributed by atoms with E-state index in [-0.39, 0.29) is 12.2 Å². The SMILES string of the molecule is Cc1cccc(OCCCCC(=O)N2CCC(C3OCCO3)CC2)c1. The highest BCUT2D eigenvalue weighted by Gasteiger charge is 2.31. The fraction of sp³-hybridized carbons (Fsp3) is 0.650. The number of hydrogen-bond acceptors (Lipinski definition) is 4. The van der Waals surface area contributed by atoms with Crippen molar-refractivity contribution in [1.29, 1.82) is 0 Å². The number of nitrogens with zero attached hydrogens (tertiary/aromatic N) is 1. The number of benzene rings is 1. The molecule has 1 aromatic rings. The number of ether oxygens (including phenoxy) is 3. The standard InChI is InChI=1S/C20H29NO4/c1-16-5-4-6-18(15-16)23-12-3-2-7-19(22)21-10-8-17(9-11-21)20-24-13-14-25-20/h4-6,15,17,20H,2-3,7-14H2,1H3. The lowest BCUT2D eigenvalue weighted by molar-refractivity contribution is -0.137. The summed E-state index contributed by atoms with van der Waals surface area (Å²) in [6, 6.07) is 8.06. The lowest BCUT2D eigenvalue weighted by Crippen LogP contribution is -2.41. The first-order valence-electron chi connectivity index (χ1n) is 9.43. The van der Waals surface area contributed by atoms with Crippen molar-refractivity contribution in [2.75, 3.05) is 32.9 Å². The van der Waals surface area contributed by atoms with Crippen molar-refractivity contribution < 1.29 is 19.0 Å². The van der Waals surface area contributed by atoms with Crippen LogP contribution in [0, 0.1) is 12.8 Å². The van der Waals surface area contributed by atoms with Gasteiger partial charge in [-0.25, -0.2) is 0 Å². The highest BCUT2D eigenvalue weighted by atomic mass is 16.7. The summed E-state index contributed by atoms with van der Waals surface area (Å²) in [5.74, 6) is 1.61. The second-order valence-electron chi connectivity index (χ2n) is 6.95. The molecule has 0 N–H and O–H groups in total. The Bertz CT molecular complexity index is 548. The highest BCUT2D eigenvalue weighted by molar-refractivity contribution is 5.76. The number of amides is 1. The first kappa shape index (κ1) is 18.2. The van der Waals surface area contributed by atoms with Crippen LogP contribution in [0.5, 0.6) is 5.75 Å². The molecule has 0 saturated carbocycles. The molecule has 0 radical (unpaired) electrons. The number of rotatable bonds is 7. The molecular weight excluding hydrogens is 318 g/mol. The van der Waals surface area contributed by atoms with Crippen LogP contribution in [-0.2, 0) is 14.3 Å². The third kappa shape index (κ3) is 5.44. The van der Waals surface area contributed by atoms with Gasteiger partial charge in [0.1, 0.15) is 5.75 Å². The zero-order chi connectivity index (χ0) is 17.5. The zero-order valence-electron chi connectivity index (χ0n) is 15.1. The molecule has 3 rings (SSSR count). The number of hydrogen-bond donors (Lipinski definition) is 0. The quantitative estimate of drug-likeness (QED) is 0.711. The monoisotopic (exact) mass is 347 g/mol. The predicted octanol–water partition coefficient (Wildman–Crippen LogP) is 3.16. The Morgan fingerprint density at radius 1 is 1.20 bits per heavy atom. The van der Waals surface area contributed by atoms with Gasteiger partial charge in [0.2, 0.25) is 5.91 Å². The molecule has 1 aromatic carbocycles. The van der Waals surface area contributed by atoms with E-state index in [1.807, 2.05) is 23.1 Å². The van der Waals surface area contributed by atoms with E-state index in [4.69, 9.17) is 14.2 Å². The molecule has 2 saturated heterocycles. The second-order valence-corrected chi connectivity index (χ2v) is 6.95. The van der Waals surface area contributed by atoms with Crippen molar-refractivity contribution in [1.82, 2.24) is 4.90 Å². The molecule has 138 valence electrons. The molecule has 0 unspecified atom stereocenters. The van der Waals surface area contributed by atoms with Crippen LogP contribution >= 0.6 is 0 Å². The Balaban J connectivity index is 1.28. The number of unbranched alkanes of at least 4 members (excludes halogenated alkanes) is 1. The number of likely N-dealkylation sites (tertiary alicyclic amines) is 1. The van der Waals surface area contributed by atoms with Crippen molar-refractivity contribution in [3.05, 3.63) is 29.8 Å². The van der Waals surface area contributed by atoms with E-state index >= 15 is 0 Å². The Hall–Kier alpha value is -1.59. The van der Waals surface area contributed by atoms with Crippen LogP contribution in [0.2, 0.25) is 0 Å². The molecule has 25 heavy (non-hydrogen) atoms. The molecule has 0 aromatic heterocycles. The molecule has 5 heteroatoms. The normalized spacial score (nSPS) is 19.3. The molecule has 0 spiro atoms. The largest absolute Gasteiger partial charge is 0.494 e. The fourth-order valence-electron chi connectivity index (χ4n) is 3.50. The smallest absolute Gasteiger partial charge is 0.222 e. The summed E-state index contributed by atoms with van der Waals surface area (Å²) < 4.78 is 16.9. The second kappa shape index (κ2) is 9.20. The molecule has 2 aliphatic rings. The van der Waals surface area contributed by atoms with Crippen LogP contribution < -0.4 is 4.74 Å². The van der Waals surface area contributed by atoms with E-state index < -0.39 is 0 Å². The maximum Gasteiger partial charge on any atom is 0.222 e. The Morgan fingerprint density at radius 3 is 2.68 bits per heavy atom.